The average Bonchev–Trinajstić information content (AvgIpc) is 2.26. The molecule has 0 bridgehead atoms. The molecule has 0 spiro atoms. The first-order valence-corrected chi connectivity index (χ1v) is 7.23. The normalized spacial score (nSPS) is 27.9. The number of thioether (sulfide) groups is 1. The van der Waals surface area contributed by atoms with Gasteiger partial charge in [-0.3, -0.25) is 0 Å². The van der Waals surface area contributed by atoms with Gasteiger partial charge < -0.3 is 4.74 Å². The molecule has 84 valence electrons. The molecule has 0 aliphatic carbocycles. The molecule has 0 saturated carbocycles. The van der Waals surface area contributed by atoms with Crippen LogP contribution in [-0.4, -0.2) is 30.6 Å². The van der Waals surface area contributed by atoms with Crippen LogP contribution in [0.1, 0.15) is 32.6 Å². The predicted octanol–water partition coefficient (Wildman–Crippen LogP) is 3.56. The Morgan fingerprint density at radius 2 is 2.36 bits per heavy atom. The molecule has 1 unspecified atom stereocenters. The predicted molar refractivity (Wildman–Crippen MR) is 65.4 cm³/mol. The van der Waals surface area contributed by atoms with Gasteiger partial charge in [-0.15, -0.1) is 11.6 Å². The SMILES string of the molecule is CCSCCCC1(CCl)CCCOC1. The highest BCUT2D eigenvalue weighted by Gasteiger charge is 2.31. The van der Waals surface area contributed by atoms with Crippen molar-refractivity contribution in [1.29, 1.82) is 0 Å². The Morgan fingerprint density at radius 1 is 1.50 bits per heavy atom. The monoisotopic (exact) mass is 236 g/mol. The molecule has 14 heavy (non-hydrogen) atoms. The van der Waals surface area contributed by atoms with E-state index in [1.54, 1.807) is 0 Å². The third-order valence-electron chi connectivity index (χ3n) is 2.89. The van der Waals surface area contributed by atoms with Gasteiger partial charge in [0.15, 0.2) is 0 Å². The average molecular weight is 237 g/mol. The Bertz CT molecular complexity index is 146. The number of rotatable bonds is 6. The van der Waals surface area contributed by atoms with Crippen molar-refractivity contribution in [1.82, 2.24) is 0 Å². The Balaban J connectivity index is 2.22. The minimum Gasteiger partial charge on any atom is -0.381 e. The number of alkyl halides is 1. The van der Waals surface area contributed by atoms with Crippen LogP contribution in [0.5, 0.6) is 0 Å². The van der Waals surface area contributed by atoms with Crippen LogP contribution in [0.3, 0.4) is 0 Å². The van der Waals surface area contributed by atoms with Gasteiger partial charge in [0.25, 0.3) is 0 Å². The summed E-state index contributed by atoms with van der Waals surface area (Å²) in [5.74, 6) is 3.27. The molecule has 1 atom stereocenters. The van der Waals surface area contributed by atoms with Crippen molar-refractivity contribution in [2.45, 2.75) is 32.6 Å². The van der Waals surface area contributed by atoms with Gasteiger partial charge in [-0.1, -0.05) is 6.92 Å². The summed E-state index contributed by atoms with van der Waals surface area (Å²) in [5, 5.41) is 0. The Labute approximate surface area is 96.9 Å². The minimum absolute atomic E-state index is 0.300. The largest absolute Gasteiger partial charge is 0.381 e. The van der Waals surface area contributed by atoms with Crippen molar-refractivity contribution in [3.05, 3.63) is 0 Å². The highest BCUT2D eigenvalue weighted by Crippen LogP contribution is 2.35. The van der Waals surface area contributed by atoms with Gasteiger partial charge in [0.2, 0.25) is 0 Å². The van der Waals surface area contributed by atoms with E-state index >= 15 is 0 Å². The topological polar surface area (TPSA) is 9.23 Å². The van der Waals surface area contributed by atoms with E-state index in [0.717, 1.165) is 19.1 Å². The van der Waals surface area contributed by atoms with Gasteiger partial charge >= 0.3 is 0 Å². The summed E-state index contributed by atoms with van der Waals surface area (Å²) in [6, 6.07) is 0. The minimum atomic E-state index is 0.300. The maximum absolute atomic E-state index is 6.06. The second kappa shape index (κ2) is 6.97. The molecule has 3 heteroatoms. The smallest absolute Gasteiger partial charge is 0.0533 e. The van der Waals surface area contributed by atoms with Gasteiger partial charge in [0.05, 0.1) is 6.61 Å². The molecule has 0 amide bonds. The summed E-state index contributed by atoms with van der Waals surface area (Å²) in [7, 11) is 0. The summed E-state index contributed by atoms with van der Waals surface area (Å²) < 4.78 is 5.54. The van der Waals surface area contributed by atoms with Crippen LogP contribution in [-0.2, 0) is 4.74 Å². The Morgan fingerprint density at radius 3 is 2.93 bits per heavy atom. The fourth-order valence-corrected chi connectivity index (χ4v) is 2.95. The van der Waals surface area contributed by atoms with Crippen molar-refractivity contribution in [3.63, 3.8) is 0 Å². The second-order valence-electron chi connectivity index (χ2n) is 4.09. The molecule has 1 rings (SSSR count). The Kier molecular flexibility index (Phi) is 6.31. The van der Waals surface area contributed by atoms with Crippen LogP contribution in [0.4, 0.5) is 0 Å². The van der Waals surface area contributed by atoms with Crippen LogP contribution in [0, 0.1) is 5.41 Å². The lowest BCUT2D eigenvalue weighted by Crippen LogP contribution is -2.33. The molecule has 0 N–H and O–H groups in total. The van der Waals surface area contributed by atoms with Crippen molar-refractivity contribution in [2.75, 3.05) is 30.6 Å². The quantitative estimate of drug-likeness (QED) is 0.515. The van der Waals surface area contributed by atoms with Crippen molar-refractivity contribution >= 4 is 23.4 Å². The van der Waals surface area contributed by atoms with E-state index in [0.29, 0.717) is 5.41 Å². The highest BCUT2D eigenvalue weighted by molar-refractivity contribution is 7.99. The van der Waals surface area contributed by atoms with Crippen LogP contribution in [0.25, 0.3) is 0 Å². The fourth-order valence-electron chi connectivity index (χ4n) is 1.97. The zero-order valence-electron chi connectivity index (χ0n) is 9.06. The fraction of sp³-hybridized carbons (Fsp3) is 1.00. The van der Waals surface area contributed by atoms with Gasteiger partial charge in [-0.2, -0.15) is 11.8 Å². The van der Waals surface area contributed by atoms with Crippen molar-refractivity contribution in [2.24, 2.45) is 5.41 Å². The van der Waals surface area contributed by atoms with Crippen LogP contribution in [0.2, 0.25) is 0 Å². The van der Waals surface area contributed by atoms with E-state index in [9.17, 15) is 0 Å². The van der Waals surface area contributed by atoms with Crippen molar-refractivity contribution in [3.8, 4) is 0 Å². The molecule has 0 aromatic carbocycles. The second-order valence-corrected chi connectivity index (χ2v) is 5.75. The van der Waals surface area contributed by atoms with Gasteiger partial charge in [0, 0.05) is 17.9 Å². The van der Waals surface area contributed by atoms with Gasteiger partial charge in [0.1, 0.15) is 0 Å². The summed E-state index contributed by atoms with van der Waals surface area (Å²) in [6.45, 7) is 4.03. The third-order valence-corrected chi connectivity index (χ3v) is 4.44. The number of halogens is 1. The summed E-state index contributed by atoms with van der Waals surface area (Å²) in [4.78, 5) is 0. The zero-order valence-corrected chi connectivity index (χ0v) is 10.6. The van der Waals surface area contributed by atoms with Gasteiger partial charge in [-0.25, -0.2) is 0 Å². The summed E-state index contributed by atoms with van der Waals surface area (Å²) in [5.41, 5.74) is 0.300. The van der Waals surface area contributed by atoms with E-state index in [-0.39, 0.29) is 0 Å². The third kappa shape index (κ3) is 4.00. The van der Waals surface area contributed by atoms with Crippen LogP contribution in [0.15, 0.2) is 0 Å². The highest BCUT2D eigenvalue weighted by atomic mass is 35.5. The first-order valence-electron chi connectivity index (χ1n) is 5.54. The van der Waals surface area contributed by atoms with E-state index in [2.05, 4.69) is 6.92 Å². The van der Waals surface area contributed by atoms with Crippen LogP contribution >= 0.6 is 23.4 Å². The molecule has 0 radical (unpaired) electrons. The summed E-state index contributed by atoms with van der Waals surface area (Å²) >= 11 is 8.09. The lowest BCUT2D eigenvalue weighted by Gasteiger charge is -2.35. The number of hydrogen-bond donors (Lipinski definition) is 0. The first-order chi connectivity index (χ1) is 6.83. The molecule has 0 aromatic rings. The maximum Gasteiger partial charge on any atom is 0.0533 e. The van der Waals surface area contributed by atoms with E-state index in [4.69, 9.17) is 16.3 Å². The van der Waals surface area contributed by atoms with Gasteiger partial charge in [-0.05, 0) is 37.2 Å². The van der Waals surface area contributed by atoms with E-state index in [1.165, 1.54) is 37.2 Å². The molecule has 1 heterocycles. The van der Waals surface area contributed by atoms with E-state index < -0.39 is 0 Å². The lowest BCUT2D eigenvalue weighted by atomic mass is 9.80. The van der Waals surface area contributed by atoms with Crippen molar-refractivity contribution < 1.29 is 4.74 Å². The zero-order chi connectivity index (χ0) is 10.3. The number of ether oxygens (including phenoxy) is 1. The molecule has 1 saturated heterocycles. The molecule has 1 aliphatic rings. The molecular formula is C11H21ClOS. The lowest BCUT2D eigenvalue weighted by molar-refractivity contribution is -0.0000984. The standard InChI is InChI=1S/C11H21ClOS/c1-2-14-8-4-6-11(9-12)5-3-7-13-10-11/h2-10H2,1H3. The first kappa shape index (κ1) is 12.7. The molecule has 1 nitrogen and oxygen atoms in total. The Hall–Kier alpha value is 0.600. The van der Waals surface area contributed by atoms with Crippen LogP contribution < -0.4 is 0 Å². The molecule has 1 fully saturated rings. The molecular weight excluding hydrogens is 216 g/mol. The molecule has 1 aliphatic heterocycles. The van der Waals surface area contributed by atoms with E-state index in [1.807, 2.05) is 11.8 Å². The molecule has 0 aromatic heterocycles. The number of hydrogen-bond acceptors (Lipinski definition) is 2. The summed E-state index contributed by atoms with van der Waals surface area (Å²) in [6.07, 6.45) is 4.97. The maximum atomic E-state index is 6.06.